The number of fused-ring (bicyclic) bond motifs is 28. The Bertz CT molecular complexity index is 6470. The number of benzene rings is 4. The molecule has 0 bridgehead atoms. The molecule has 16 heterocycles. The first-order valence-electron chi connectivity index (χ1n) is 48.2. The molecule has 24 heteroatoms. The van der Waals surface area contributed by atoms with Gasteiger partial charge in [0.2, 0.25) is 28.4 Å². The standard InChI is InChI=1S/C23H14N4O4.C23H16N2.C19H10N4O4.C19H12N2.12C2H6.4Y/c28-26(29)15-13-17-20-10-4-6-12-25(20)23(22(17)21(14-15)27(30)31)18-8-2-1-7-16(18)19-9-3-5-11-24(19)23;1-3-11-19-17(9-1)21-13-5-7-15-24(21)23(19)20-12-4-2-10-18(20)22-14-6-8-16-25(22)23;1-2-14-11-15-7-3-5-9-20(15)19(14)17(18(23(26)27)13-22(24)25)12-16-8-4-6-10-21(16)19;1-3-15-13-17-9-5-7-11-20(17)19(15)16(4-2)14-18-10-6-8-12-21(18)19;12*1-2;;;;/h1-14H;1-16H;1-10H;1-12H;12*1-2H3;;;;/q2*+2;2*-2;;;;;;;;;;;;;;;;/i1T,8T;1T,11T;1T,2T;1T,3T;;;;;;;;;;;;;;;;. The number of hydrogen-bond acceptors (Lipinski definition) is 8. The molecule has 0 saturated carbocycles. The van der Waals surface area contributed by atoms with Crippen LogP contribution in [0.15, 0.2) is 326 Å². The number of hydrogen-bond donors (Lipinski definition) is 0. The molecule has 20 nitrogen and oxygen atoms in total. The molecule has 0 amide bonds. The zero-order valence-electron chi connectivity index (χ0n) is 88.3. The normalized spacial score (nSPS) is 16.7. The fourth-order valence-corrected chi connectivity index (χ4v) is 16.0. The Balaban J connectivity index is 0.000000865. The Labute approximate surface area is 895 Å². The summed E-state index contributed by atoms with van der Waals surface area (Å²) in [6.45, 7) is 58.1. The zero-order valence-corrected chi connectivity index (χ0v) is 91.7. The number of rotatable bonds is 8. The van der Waals surface area contributed by atoms with Gasteiger partial charge in [0.25, 0.3) is 17.0 Å². The van der Waals surface area contributed by atoms with Crippen LogP contribution in [0.1, 0.15) is 222 Å². The third-order valence-corrected chi connectivity index (χ3v) is 19.7. The van der Waals surface area contributed by atoms with E-state index >= 15 is 0 Å². The van der Waals surface area contributed by atoms with E-state index < -0.39 is 53.7 Å². The van der Waals surface area contributed by atoms with Gasteiger partial charge in [0, 0.05) is 185 Å². The van der Waals surface area contributed by atoms with E-state index in [4.69, 9.17) is 17.5 Å². The molecule has 0 saturated heterocycles. The molecule has 20 rings (SSSR count). The predicted molar refractivity (Wildman–Crippen MR) is 505 cm³/mol. The van der Waals surface area contributed by atoms with Gasteiger partial charge in [0.1, 0.15) is 22.9 Å². The van der Waals surface area contributed by atoms with Gasteiger partial charge in [0.15, 0.2) is 55.1 Å². The van der Waals surface area contributed by atoms with Crippen LogP contribution in [0.5, 0.6) is 0 Å². The van der Waals surface area contributed by atoms with Crippen LogP contribution in [-0.2, 0) is 153 Å². The summed E-state index contributed by atoms with van der Waals surface area (Å²) in [4.78, 5) is 43.5. The van der Waals surface area contributed by atoms with Gasteiger partial charge < -0.3 is 37.9 Å². The summed E-state index contributed by atoms with van der Waals surface area (Å²) in [6.07, 6.45) is 30.4. The predicted octanol–water partition coefficient (Wildman–Crippen LogP) is 21.6. The van der Waals surface area contributed by atoms with Gasteiger partial charge in [-0.3, -0.25) is 40.5 Å². The second-order valence-electron chi connectivity index (χ2n) is 24.5. The summed E-state index contributed by atoms with van der Waals surface area (Å²) in [7, 11) is 0. The second kappa shape index (κ2) is 58.2. The van der Waals surface area contributed by atoms with E-state index in [1.165, 1.54) is 29.3 Å². The van der Waals surface area contributed by atoms with Crippen molar-refractivity contribution in [2.45, 2.75) is 189 Å². The van der Waals surface area contributed by atoms with Crippen LogP contribution in [0.3, 0.4) is 0 Å². The largest absolute Gasteiger partial charge is 0.424 e. The van der Waals surface area contributed by atoms with Crippen LogP contribution in [0.2, 0.25) is 0 Å². The molecular weight excluding hydrogens is 1950 g/mol. The van der Waals surface area contributed by atoms with Crippen LogP contribution < -0.4 is 36.5 Å². The first-order valence-corrected chi connectivity index (χ1v) is 44.2. The number of aromatic nitrogens is 8. The van der Waals surface area contributed by atoms with Crippen LogP contribution >= 0.6 is 0 Å². The minimum absolute atomic E-state index is 0. The second-order valence-corrected chi connectivity index (χ2v) is 24.5. The van der Waals surface area contributed by atoms with Crippen molar-refractivity contribution in [3.8, 4) is 45.0 Å². The Morgan fingerprint density at radius 2 is 0.682 bits per heavy atom. The summed E-state index contributed by atoms with van der Waals surface area (Å²) in [6, 6.07) is 62.7. The van der Waals surface area contributed by atoms with E-state index in [0.29, 0.717) is 62.7 Å². The molecule has 0 fully saturated rings. The van der Waals surface area contributed by atoms with Crippen molar-refractivity contribution in [2.24, 2.45) is 0 Å². The van der Waals surface area contributed by atoms with Crippen molar-refractivity contribution in [1.29, 1.82) is 0 Å². The van der Waals surface area contributed by atoms with E-state index in [2.05, 4.69) is 94.9 Å². The average Bonchev–Trinajstić information content (AvgIpc) is 1.50. The monoisotopic (exact) mass is 2090 g/mol. The summed E-state index contributed by atoms with van der Waals surface area (Å²) in [5.41, 5.74) is 6.89. The van der Waals surface area contributed by atoms with Crippen molar-refractivity contribution in [1.82, 2.24) is 0 Å². The van der Waals surface area contributed by atoms with E-state index in [1.807, 2.05) is 276 Å². The molecule has 12 aromatic rings. The average molecular weight is 2090 g/mol. The van der Waals surface area contributed by atoms with E-state index in [0.717, 1.165) is 40.0 Å². The number of non-ortho nitro benzene ring substituents is 1. The minimum atomic E-state index is -1.61. The molecule has 8 aliphatic heterocycles. The van der Waals surface area contributed by atoms with Crippen LogP contribution in [-0.4, -0.2) is 19.7 Å². The van der Waals surface area contributed by atoms with Crippen LogP contribution in [0, 0.1) is 90.7 Å². The molecule has 4 atom stereocenters. The van der Waals surface area contributed by atoms with Crippen molar-refractivity contribution in [2.75, 3.05) is 0 Å². The Morgan fingerprint density at radius 3 is 1.05 bits per heavy atom. The van der Waals surface area contributed by atoms with Crippen molar-refractivity contribution in [3.05, 3.63) is 462 Å². The summed E-state index contributed by atoms with van der Waals surface area (Å²) in [5.74, 6) is 0. The van der Waals surface area contributed by atoms with Gasteiger partial charge in [-0.25, -0.2) is 0 Å². The van der Waals surface area contributed by atoms with E-state index in [9.17, 15) is 40.5 Å². The molecule has 0 N–H and O–H groups in total. The number of pyridine rings is 8. The maximum absolute atomic E-state index is 12.3. The van der Waals surface area contributed by atoms with Crippen molar-refractivity contribution < 1.29 is 198 Å². The summed E-state index contributed by atoms with van der Waals surface area (Å²) >= 11 is 0. The van der Waals surface area contributed by atoms with Crippen LogP contribution in [0.4, 0.5) is 11.4 Å². The molecular formula is C108H124N12O8Y4. The number of nitrogens with zero attached hydrogens (tertiary/aromatic N) is 12. The van der Waals surface area contributed by atoms with Gasteiger partial charge >= 0.3 is 11.3 Å². The third-order valence-electron chi connectivity index (χ3n) is 19.7. The van der Waals surface area contributed by atoms with Gasteiger partial charge in [-0.15, -0.1) is 48.1 Å². The Hall–Kier alpha value is -9.98. The van der Waals surface area contributed by atoms with Crippen molar-refractivity contribution >= 4 is 11.4 Å². The third kappa shape index (κ3) is 21.5. The summed E-state index contributed by atoms with van der Waals surface area (Å²) in [5, 5.41) is 46.7. The fraction of sp³-hybridized carbons (Fsp3) is 0.259. The molecule has 8 aliphatic rings. The SMILES string of the molecule is CC.CC.CC.CC.CC.CC.CC.CC.CC.CC.CC.CC.[3H][C-]=C([3H])C1=[C-]c2cccc[n+]2C12C(C(=[C-][N+](=O)[O-])[N+](=O)[O-])=[C-]c1cccc[n+]12.[3H][C-]=C([3H])C1=[C-]c2cccc[n+]2C12C(C=[CH-])=[C-]c1cccc[n+]12.[3H]c1cc([3H])c2c(c1)-c1cccc[n+]1C21c2c(cc([N+](=O)[O-])cc2[N+](=O)[O-])-c2cccc[n+]21.[3H]c1cc([3H])c2c(c1)-c1cccc[n+]1C21c2ccccc2-c2cccc[n+]21.[Y].[Y].[Y].[Y]. The van der Waals surface area contributed by atoms with Crippen LogP contribution in [0.25, 0.3) is 45.0 Å². The number of nitro groups is 4. The Kier molecular flexibility index (Phi) is 46.6. The topological polar surface area (TPSA) is 204 Å². The summed E-state index contributed by atoms with van der Waals surface area (Å²) < 4.78 is 80.6. The minimum Gasteiger partial charge on any atom is -0.360 e. The Morgan fingerprint density at radius 1 is 0.364 bits per heavy atom. The molecule has 4 radical (unpaired) electrons. The maximum atomic E-state index is 12.3. The molecule has 4 unspecified atom stereocenters. The molecule has 4 spiro atoms. The smallest absolute Gasteiger partial charge is 0.360 e. The zero-order chi connectivity index (χ0) is 102. The van der Waals surface area contributed by atoms with Gasteiger partial charge in [-0.05, 0) is 94.7 Å². The number of allylic oxidation sites excluding steroid dienone is 7. The molecule has 8 aromatic heterocycles. The quantitative estimate of drug-likeness (QED) is 0.0469. The van der Waals surface area contributed by atoms with Crippen molar-refractivity contribution in [3.63, 3.8) is 0 Å². The first-order chi connectivity index (χ1) is 66.2. The molecule has 676 valence electrons. The fourth-order valence-electron chi connectivity index (χ4n) is 16.0. The van der Waals surface area contributed by atoms with Gasteiger partial charge in [0.05, 0.1) is 72.1 Å². The van der Waals surface area contributed by atoms with E-state index in [-0.39, 0.29) is 177 Å². The molecule has 0 aliphatic carbocycles. The maximum Gasteiger partial charge on any atom is 0.424 e. The van der Waals surface area contributed by atoms with Gasteiger partial charge in [-0.2, -0.15) is 59.3 Å². The van der Waals surface area contributed by atoms with Gasteiger partial charge in [-0.1, -0.05) is 232 Å². The first kappa shape index (κ1) is 106. The molecule has 4 aromatic carbocycles. The molecule has 132 heavy (non-hydrogen) atoms. The number of nitro benzene ring substituents is 2. The van der Waals surface area contributed by atoms with E-state index in [1.54, 1.807) is 113 Å².